The first-order valence-electron chi connectivity index (χ1n) is 8.25. The van der Waals surface area contributed by atoms with E-state index in [2.05, 4.69) is 26.6 Å². The van der Waals surface area contributed by atoms with Crippen molar-refractivity contribution in [1.29, 1.82) is 0 Å². The molecule has 4 nitrogen and oxygen atoms in total. The van der Waals surface area contributed by atoms with Crippen LogP contribution < -0.4 is 15.4 Å². The largest absolute Gasteiger partial charge is 0.489 e. The topological polar surface area (TPSA) is 50.4 Å². The Kier molecular flexibility index (Phi) is 6.28. The van der Waals surface area contributed by atoms with Gasteiger partial charge in [-0.25, -0.2) is 0 Å². The molecule has 0 spiro atoms. The number of amides is 1. The molecule has 0 unspecified atom stereocenters. The highest BCUT2D eigenvalue weighted by Gasteiger charge is 2.03. The lowest BCUT2D eigenvalue weighted by Crippen LogP contribution is -2.21. The summed E-state index contributed by atoms with van der Waals surface area (Å²) in [5.41, 5.74) is 2.71. The van der Waals surface area contributed by atoms with Crippen molar-refractivity contribution >= 4 is 33.2 Å². The van der Waals surface area contributed by atoms with Crippen LogP contribution in [0.25, 0.3) is 0 Å². The van der Waals surface area contributed by atoms with Crippen LogP contribution in [0, 0.1) is 0 Å². The van der Waals surface area contributed by atoms with E-state index < -0.39 is 0 Å². The van der Waals surface area contributed by atoms with Gasteiger partial charge in [0, 0.05) is 21.9 Å². The zero-order valence-corrected chi connectivity index (χ0v) is 15.7. The Morgan fingerprint density at radius 2 is 1.65 bits per heavy atom. The summed E-state index contributed by atoms with van der Waals surface area (Å²) in [7, 11) is 0. The molecule has 0 fully saturated rings. The zero-order valence-electron chi connectivity index (χ0n) is 14.1. The molecule has 0 aliphatic carbocycles. The van der Waals surface area contributed by atoms with E-state index in [-0.39, 0.29) is 12.5 Å². The summed E-state index contributed by atoms with van der Waals surface area (Å²) in [6.45, 7) is 0.687. The number of benzene rings is 3. The van der Waals surface area contributed by atoms with E-state index in [0.717, 1.165) is 27.2 Å². The SMILES string of the molecule is O=C(CNc1cccc(OCc2ccccc2)c1)Nc1ccc(Br)cc1. The first kappa shape index (κ1) is 18.0. The minimum atomic E-state index is -0.108. The second-order valence-corrected chi connectivity index (χ2v) is 6.63. The molecule has 3 aromatic rings. The fraction of sp³-hybridized carbons (Fsp3) is 0.0952. The van der Waals surface area contributed by atoms with E-state index in [9.17, 15) is 4.79 Å². The normalized spacial score (nSPS) is 10.2. The number of halogens is 1. The van der Waals surface area contributed by atoms with Crippen molar-refractivity contribution in [2.24, 2.45) is 0 Å². The number of carbonyl (C=O) groups excluding carboxylic acids is 1. The van der Waals surface area contributed by atoms with E-state index >= 15 is 0 Å². The molecule has 5 heteroatoms. The summed E-state index contributed by atoms with van der Waals surface area (Å²) in [5.74, 6) is 0.648. The Morgan fingerprint density at radius 1 is 0.885 bits per heavy atom. The maximum Gasteiger partial charge on any atom is 0.243 e. The highest BCUT2D eigenvalue weighted by atomic mass is 79.9. The second kappa shape index (κ2) is 9.06. The zero-order chi connectivity index (χ0) is 18.2. The monoisotopic (exact) mass is 410 g/mol. The van der Waals surface area contributed by atoms with Gasteiger partial charge in [0.15, 0.2) is 0 Å². The van der Waals surface area contributed by atoms with Gasteiger partial charge in [0.2, 0.25) is 5.91 Å². The summed E-state index contributed by atoms with van der Waals surface area (Å²) in [5, 5.41) is 5.96. The molecule has 2 N–H and O–H groups in total. The first-order valence-corrected chi connectivity index (χ1v) is 9.04. The predicted molar refractivity (Wildman–Crippen MR) is 108 cm³/mol. The van der Waals surface area contributed by atoms with Gasteiger partial charge in [-0.2, -0.15) is 0 Å². The van der Waals surface area contributed by atoms with Crippen LogP contribution in [0.1, 0.15) is 5.56 Å². The quantitative estimate of drug-likeness (QED) is 0.570. The average molecular weight is 411 g/mol. The molecule has 0 radical (unpaired) electrons. The van der Waals surface area contributed by atoms with E-state index in [0.29, 0.717) is 6.61 Å². The number of nitrogens with one attached hydrogen (secondary N) is 2. The van der Waals surface area contributed by atoms with Crippen LogP contribution >= 0.6 is 15.9 Å². The second-order valence-electron chi connectivity index (χ2n) is 5.71. The van der Waals surface area contributed by atoms with Gasteiger partial charge in [-0.05, 0) is 42.0 Å². The smallest absolute Gasteiger partial charge is 0.243 e. The Hall–Kier alpha value is -2.79. The number of rotatable bonds is 7. The molecule has 1 amide bonds. The maximum absolute atomic E-state index is 12.0. The third-order valence-corrected chi connectivity index (χ3v) is 4.19. The van der Waals surface area contributed by atoms with Gasteiger partial charge in [-0.3, -0.25) is 4.79 Å². The molecule has 3 aromatic carbocycles. The minimum absolute atomic E-state index is 0.108. The molecule has 0 aliphatic heterocycles. The number of ether oxygens (including phenoxy) is 1. The van der Waals surface area contributed by atoms with E-state index in [1.807, 2.05) is 78.9 Å². The summed E-state index contributed by atoms with van der Waals surface area (Å²) < 4.78 is 6.77. The Morgan fingerprint density at radius 3 is 2.42 bits per heavy atom. The lowest BCUT2D eigenvalue weighted by atomic mass is 10.2. The molecule has 0 atom stereocenters. The predicted octanol–water partition coefficient (Wildman–Crippen LogP) is 5.08. The van der Waals surface area contributed by atoms with Crippen LogP contribution in [0.5, 0.6) is 5.75 Å². The van der Waals surface area contributed by atoms with E-state index in [4.69, 9.17) is 4.74 Å². The first-order chi connectivity index (χ1) is 12.7. The lowest BCUT2D eigenvalue weighted by molar-refractivity contribution is -0.114. The van der Waals surface area contributed by atoms with Gasteiger partial charge >= 0.3 is 0 Å². The standard InChI is InChI=1S/C21H19BrN2O2/c22-17-9-11-18(12-10-17)24-21(25)14-23-19-7-4-8-20(13-19)26-15-16-5-2-1-3-6-16/h1-13,23H,14-15H2,(H,24,25). The van der Waals surface area contributed by atoms with Crippen molar-refractivity contribution in [3.05, 3.63) is 88.9 Å². The summed E-state index contributed by atoms with van der Waals surface area (Å²) >= 11 is 3.37. The van der Waals surface area contributed by atoms with Crippen LogP contribution in [0.3, 0.4) is 0 Å². The molecule has 0 aromatic heterocycles. The Bertz CT molecular complexity index is 851. The molecule has 0 saturated carbocycles. The number of hydrogen-bond acceptors (Lipinski definition) is 3. The maximum atomic E-state index is 12.0. The minimum Gasteiger partial charge on any atom is -0.489 e. The van der Waals surface area contributed by atoms with Crippen molar-refractivity contribution in [1.82, 2.24) is 0 Å². The summed E-state index contributed by atoms with van der Waals surface area (Å²) in [6, 6.07) is 25.1. The number of hydrogen-bond donors (Lipinski definition) is 2. The Balaban J connectivity index is 1.50. The van der Waals surface area contributed by atoms with Crippen LogP contribution in [-0.4, -0.2) is 12.5 Å². The van der Waals surface area contributed by atoms with Crippen molar-refractivity contribution in [3.8, 4) is 5.75 Å². The highest BCUT2D eigenvalue weighted by molar-refractivity contribution is 9.10. The molecule has 3 rings (SSSR count). The van der Waals surface area contributed by atoms with Crippen molar-refractivity contribution in [3.63, 3.8) is 0 Å². The summed E-state index contributed by atoms with van der Waals surface area (Å²) in [4.78, 5) is 12.0. The van der Waals surface area contributed by atoms with Gasteiger partial charge < -0.3 is 15.4 Å². The molecular formula is C21H19BrN2O2. The molecule has 0 saturated heterocycles. The van der Waals surface area contributed by atoms with Crippen molar-refractivity contribution in [2.75, 3.05) is 17.2 Å². The number of anilines is 2. The molecule has 0 heterocycles. The number of carbonyl (C=O) groups is 1. The average Bonchev–Trinajstić information content (AvgIpc) is 2.68. The van der Waals surface area contributed by atoms with Crippen molar-refractivity contribution < 1.29 is 9.53 Å². The Labute approximate surface area is 161 Å². The molecule has 0 bridgehead atoms. The third-order valence-electron chi connectivity index (χ3n) is 3.66. The fourth-order valence-electron chi connectivity index (χ4n) is 2.36. The van der Waals surface area contributed by atoms with Crippen LogP contribution in [-0.2, 0) is 11.4 Å². The molecule has 26 heavy (non-hydrogen) atoms. The van der Waals surface area contributed by atoms with E-state index in [1.54, 1.807) is 0 Å². The van der Waals surface area contributed by atoms with Gasteiger partial charge in [0.25, 0.3) is 0 Å². The van der Waals surface area contributed by atoms with Gasteiger partial charge in [-0.1, -0.05) is 52.3 Å². The van der Waals surface area contributed by atoms with Gasteiger partial charge in [0.1, 0.15) is 12.4 Å². The highest BCUT2D eigenvalue weighted by Crippen LogP contribution is 2.19. The van der Waals surface area contributed by atoms with Gasteiger partial charge in [-0.15, -0.1) is 0 Å². The molecule has 132 valence electrons. The fourth-order valence-corrected chi connectivity index (χ4v) is 2.62. The van der Waals surface area contributed by atoms with Gasteiger partial charge in [0.05, 0.1) is 6.54 Å². The summed E-state index contributed by atoms with van der Waals surface area (Å²) in [6.07, 6.45) is 0. The van der Waals surface area contributed by atoms with Crippen LogP contribution in [0.15, 0.2) is 83.3 Å². The molecular weight excluding hydrogens is 392 g/mol. The van der Waals surface area contributed by atoms with Crippen LogP contribution in [0.4, 0.5) is 11.4 Å². The van der Waals surface area contributed by atoms with E-state index in [1.165, 1.54) is 0 Å². The third kappa shape index (κ3) is 5.63. The van der Waals surface area contributed by atoms with Crippen LogP contribution in [0.2, 0.25) is 0 Å². The molecule has 0 aliphatic rings. The van der Waals surface area contributed by atoms with Crippen molar-refractivity contribution in [2.45, 2.75) is 6.61 Å². The lowest BCUT2D eigenvalue weighted by Gasteiger charge is -2.10.